The molecule has 2 amide bonds. The minimum atomic E-state index is -1.08. The highest BCUT2D eigenvalue weighted by molar-refractivity contribution is 6.08. The summed E-state index contributed by atoms with van der Waals surface area (Å²) in [5, 5.41) is 12.2. The van der Waals surface area contributed by atoms with Gasteiger partial charge < -0.3 is 20.1 Å². The molecule has 0 saturated carbocycles. The number of hydrogen-bond donors (Lipinski definition) is 2. The van der Waals surface area contributed by atoms with Crippen LogP contribution in [0.5, 0.6) is 0 Å². The summed E-state index contributed by atoms with van der Waals surface area (Å²) in [4.78, 5) is 27.1. The number of aliphatic hydroxyl groups excluding tert-OH is 1. The van der Waals surface area contributed by atoms with Gasteiger partial charge in [0.05, 0.1) is 18.3 Å². The van der Waals surface area contributed by atoms with E-state index in [2.05, 4.69) is 5.32 Å². The average Bonchev–Trinajstić information content (AvgIpc) is 3.13. The average molecular weight is 394 g/mol. The molecule has 0 radical (unpaired) electrons. The Labute approximate surface area is 170 Å². The van der Waals surface area contributed by atoms with Crippen LogP contribution in [0.1, 0.15) is 37.8 Å². The number of nitrogens with one attached hydrogen (secondary N) is 1. The molecule has 1 spiro atoms. The minimum Gasteiger partial charge on any atom is -0.396 e. The Hall–Kier alpha value is -2.70. The largest absolute Gasteiger partial charge is 0.396 e. The first-order chi connectivity index (χ1) is 14.0. The van der Waals surface area contributed by atoms with Gasteiger partial charge in [0.2, 0.25) is 5.91 Å². The predicted molar refractivity (Wildman–Crippen MR) is 110 cm³/mol. The second-order valence-electron chi connectivity index (χ2n) is 7.91. The fourth-order valence-electron chi connectivity index (χ4n) is 4.60. The van der Waals surface area contributed by atoms with E-state index in [1.165, 1.54) is 6.92 Å². The van der Waals surface area contributed by atoms with Gasteiger partial charge in [-0.3, -0.25) is 9.59 Å². The number of aliphatic hydroxyl groups is 1. The summed E-state index contributed by atoms with van der Waals surface area (Å²) in [5.41, 5.74) is 2.19. The van der Waals surface area contributed by atoms with Crippen molar-refractivity contribution in [3.63, 3.8) is 0 Å². The number of carbonyl (C=O) groups is 2. The van der Waals surface area contributed by atoms with Gasteiger partial charge in [-0.05, 0) is 36.6 Å². The number of nitrogens with zero attached hydrogens (tertiary/aromatic N) is 1. The zero-order chi connectivity index (χ0) is 20.6. The van der Waals surface area contributed by atoms with Crippen LogP contribution in [0.15, 0.2) is 48.5 Å². The third kappa shape index (κ3) is 3.32. The lowest BCUT2D eigenvalue weighted by Gasteiger charge is -2.28. The zero-order valence-corrected chi connectivity index (χ0v) is 16.7. The van der Waals surface area contributed by atoms with Crippen LogP contribution in [0.2, 0.25) is 0 Å². The molecule has 1 saturated heterocycles. The summed E-state index contributed by atoms with van der Waals surface area (Å²) in [6.07, 6.45) is 1.03. The maximum Gasteiger partial charge on any atom is 0.264 e. The van der Waals surface area contributed by atoms with Crippen molar-refractivity contribution in [2.75, 3.05) is 16.8 Å². The Bertz CT molecular complexity index is 930. The number of carbonyl (C=O) groups excluding carboxylic acids is 2. The molecular formula is C23H26N2O4. The molecule has 152 valence electrons. The van der Waals surface area contributed by atoms with Gasteiger partial charge in [-0.2, -0.15) is 0 Å². The zero-order valence-electron chi connectivity index (χ0n) is 16.7. The molecule has 2 heterocycles. The number of hydrogen-bond acceptors (Lipinski definition) is 4. The monoisotopic (exact) mass is 394 g/mol. The third-order valence-corrected chi connectivity index (χ3v) is 5.87. The van der Waals surface area contributed by atoms with Crippen molar-refractivity contribution in [2.24, 2.45) is 5.92 Å². The third-order valence-electron chi connectivity index (χ3n) is 5.87. The molecule has 2 aliphatic rings. The van der Waals surface area contributed by atoms with E-state index in [4.69, 9.17) is 4.74 Å². The van der Waals surface area contributed by atoms with Crippen molar-refractivity contribution in [1.82, 2.24) is 0 Å². The highest BCUT2D eigenvalue weighted by Crippen LogP contribution is 2.54. The molecule has 3 atom stereocenters. The number of rotatable bonds is 5. The van der Waals surface area contributed by atoms with Crippen molar-refractivity contribution in [1.29, 1.82) is 0 Å². The van der Waals surface area contributed by atoms with E-state index in [-0.39, 0.29) is 30.4 Å². The van der Waals surface area contributed by atoms with E-state index in [0.717, 1.165) is 16.8 Å². The normalized spacial score (nSPS) is 25.5. The van der Waals surface area contributed by atoms with Crippen molar-refractivity contribution in [2.45, 2.75) is 44.9 Å². The van der Waals surface area contributed by atoms with Crippen LogP contribution in [0, 0.1) is 5.92 Å². The van der Waals surface area contributed by atoms with Gasteiger partial charge in [0, 0.05) is 30.7 Å². The Morgan fingerprint density at radius 3 is 2.72 bits per heavy atom. The van der Waals surface area contributed by atoms with Gasteiger partial charge in [0.25, 0.3) is 5.91 Å². The van der Waals surface area contributed by atoms with Crippen LogP contribution in [0.4, 0.5) is 11.4 Å². The van der Waals surface area contributed by atoms with E-state index >= 15 is 0 Å². The number of benzene rings is 2. The molecule has 2 aromatic carbocycles. The summed E-state index contributed by atoms with van der Waals surface area (Å²) in [6, 6.07) is 15.4. The first kappa shape index (κ1) is 19.6. The standard InChI is InChI=1S/C23H26N2O4/c1-15-12-19(10-11-26)29-23(15)20-13-18(24-16(2)27)8-9-21(20)25(22(23)28)14-17-6-4-3-5-7-17/h3-9,13,15,19,26H,10-12,14H2,1-2H3,(H,24,27)/t15-,19+,23+/m1/s1. The summed E-state index contributed by atoms with van der Waals surface area (Å²) in [7, 11) is 0. The summed E-state index contributed by atoms with van der Waals surface area (Å²) in [5.74, 6) is -0.286. The molecule has 6 heteroatoms. The van der Waals surface area contributed by atoms with Gasteiger partial charge in [-0.25, -0.2) is 0 Å². The van der Waals surface area contributed by atoms with E-state index in [9.17, 15) is 14.7 Å². The van der Waals surface area contributed by atoms with Crippen LogP contribution < -0.4 is 10.2 Å². The molecule has 1 fully saturated rings. The lowest BCUT2D eigenvalue weighted by atomic mass is 9.83. The van der Waals surface area contributed by atoms with E-state index in [0.29, 0.717) is 25.1 Å². The Morgan fingerprint density at radius 2 is 2.03 bits per heavy atom. The lowest BCUT2D eigenvalue weighted by Crippen LogP contribution is -2.43. The van der Waals surface area contributed by atoms with Crippen LogP contribution in [-0.4, -0.2) is 29.6 Å². The number of ether oxygens (including phenoxy) is 1. The quantitative estimate of drug-likeness (QED) is 0.816. The summed E-state index contributed by atoms with van der Waals surface area (Å²) >= 11 is 0. The maximum absolute atomic E-state index is 13.7. The minimum absolute atomic E-state index is 0.0220. The Balaban J connectivity index is 1.78. The molecule has 29 heavy (non-hydrogen) atoms. The van der Waals surface area contributed by atoms with Crippen molar-refractivity contribution >= 4 is 23.2 Å². The first-order valence-electron chi connectivity index (χ1n) is 10.0. The SMILES string of the molecule is CC(=O)Nc1ccc2c(c1)[C@]1(O[C@@H](CCO)C[C@H]1C)C(=O)N2Cc1ccccc1. The molecular weight excluding hydrogens is 368 g/mol. The first-order valence-corrected chi connectivity index (χ1v) is 10.0. The number of fused-ring (bicyclic) bond motifs is 2. The van der Waals surface area contributed by atoms with Crippen LogP contribution in [0.25, 0.3) is 0 Å². The molecule has 0 aromatic heterocycles. The summed E-state index contributed by atoms with van der Waals surface area (Å²) in [6.45, 7) is 3.96. The number of anilines is 2. The molecule has 4 rings (SSSR count). The van der Waals surface area contributed by atoms with E-state index in [1.54, 1.807) is 4.90 Å². The molecule has 6 nitrogen and oxygen atoms in total. The fourth-order valence-corrected chi connectivity index (χ4v) is 4.60. The van der Waals surface area contributed by atoms with E-state index < -0.39 is 5.60 Å². The van der Waals surface area contributed by atoms with Gasteiger partial charge >= 0.3 is 0 Å². The molecule has 2 aliphatic heterocycles. The van der Waals surface area contributed by atoms with Crippen molar-refractivity contribution in [3.8, 4) is 0 Å². The van der Waals surface area contributed by atoms with Gasteiger partial charge in [-0.1, -0.05) is 37.3 Å². The maximum atomic E-state index is 13.7. The molecule has 0 aliphatic carbocycles. The predicted octanol–water partition coefficient (Wildman–Crippen LogP) is 3.19. The topological polar surface area (TPSA) is 78.9 Å². The van der Waals surface area contributed by atoms with Gasteiger partial charge in [0.1, 0.15) is 0 Å². The van der Waals surface area contributed by atoms with Crippen LogP contribution in [0.3, 0.4) is 0 Å². The van der Waals surface area contributed by atoms with E-state index in [1.807, 2.05) is 55.5 Å². The van der Waals surface area contributed by atoms with Gasteiger partial charge in [0.15, 0.2) is 5.60 Å². The Kier molecular flexibility index (Phi) is 5.15. The highest BCUT2D eigenvalue weighted by Gasteiger charge is 2.60. The van der Waals surface area contributed by atoms with Crippen molar-refractivity contribution in [3.05, 3.63) is 59.7 Å². The van der Waals surface area contributed by atoms with Crippen LogP contribution in [-0.2, 0) is 26.5 Å². The lowest BCUT2D eigenvalue weighted by molar-refractivity contribution is -0.146. The molecule has 2 N–H and O–H groups in total. The van der Waals surface area contributed by atoms with Crippen LogP contribution >= 0.6 is 0 Å². The molecule has 0 bridgehead atoms. The molecule has 2 aromatic rings. The molecule has 0 unspecified atom stereocenters. The second-order valence-corrected chi connectivity index (χ2v) is 7.91. The highest BCUT2D eigenvalue weighted by atomic mass is 16.5. The Morgan fingerprint density at radius 1 is 1.28 bits per heavy atom. The van der Waals surface area contributed by atoms with Crippen molar-refractivity contribution < 1.29 is 19.4 Å². The second kappa shape index (κ2) is 7.61. The smallest absolute Gasteiger partial charge is 0.264 e. The summed E-state index contributed by atoms with van der Waals surface area (Å²) < 4.78 is 6.37. The number of amides is 2. The van der Waals surface area contributed by atoms with Gasteiger partial charge in [-0.15, -0.1) is 0 Å². The fraction of sp³-hybridized carbons (Fsp3) is 0.391.